The highest BCUT2D eigenvalue weighted by molar-refractivity contribution is 7.90. The quantitative estimate of drug-likeness (QED) is 0.420. The minimum atomic E-state index is -3.31. The molecular weight excluding hydrogens is 178 g/mol. The summed E-state index contributed by atoms with van der Waals surface area (Å²) in [5.41, 5.74) is 5.10. The number of sulfonamides is 1. The van der Waals surface area contributed by atoms with E-state index in [-0.39, 0.29) is 5.84 Å². The lowest BCUT2D eigenvalue weighted by molar-refractivity contribution is 0.569. The average Bonchev–Trinajstić information content (AvgIpc) is 1.85. The Hall–Kier alpha value is -0.620. The molecule has 0 rings (SSSR count). The second-order valence-electron chi connectivity index (χ2n) is 2.89. The van der Waals surface area contributed by atoms with Crippen LogP contribution in [0.1, 0.15) is 20.8 Å². The van der Waals surface area contributed by atoms with E-state index in [0.717, 1.165) is 0 Å². The third-order valence-corrected chi connectivity index (χ3v) is 3.35. The summed E-state index contributed by atoms with van der Waals surface area (Å²) < 4.78 is 24.6. The number of hydrogen-bond acceptors (Lipinski definition) is 3. The molecule has 0 aliphatic rings. The van der Waals surface area contributed by atoms with E-state index >= 15 is 0 Å². The molecular formula is C6H15N3O2S. The van der Waals surface area contributed by atoms with Crippen molar-refractivity contribution in [1.82, 2.24) is 4.72 Å². The fourth-order valence-corrected chi connectivity index (χ4v) is 1.34. The first-order chi connectivity index (χ1) is 5.27. The topological polar surface area (TPSA) is 96.0 Å². The number of amidine groups is 1. The molecule has 1 atom stereocenters. The molecule has 0 aromatic rings. The van der Waals surface area contributed by atoms with Gasteiger partial charge in [0.05, 0.1) is 11.3 Å². The minimum Gasteiger partial charge on any atom is -0.386 e. The van der Waals surface area contributed by atoms with Crippen molar-refractivity contribution in [2.24, 2.45) is 5.73 Å². The Morgan fingerprint density at radius 2 is 1.83 bits per heavy atom. The molecule has 5 nitrogen and oxygen atoms in total. The summed E-state index contributed by atoms with van der Waals surface area (Å²) >= 11 is 0. The Morgan fingerprint density at radius 1 is 1.42 bits per heavy atom. The van der Waals surface area contributed by atoms with E-state index in [9.17, 15) is 8.42 Å². The van der Waals surface area contributed by atoms with Crippen LogP contribution in [0.5, 0.6) is 0 Å². The molecule has 72 valence electrons. The summed E-state index contributed by atoms with van der Waals surface area (Å²) in [6.45, 7) is 4.66. The van der Waals surface area contributed by atoms with Crippen LogP contribution in [0, 0.1) is 5.41 Å². The molecule has 0 fully saturated rings. The lowest BCUT2D eigenvalue weighted by Gasteiger charge is -2.14. The molecule has 1 unspecified atom stereocenters. The monoisotopic (exact) mass is 193 g/mol. The Balaban J connectivity index is 4.37. The van der Waals surface area contributed by atoms with E-state index in [0.29, 0.717) is 0 Å². The Morgan fingerprint density at radius 3 is 2.08 bits per heavy atom. The summed E-state index contributed by atoms with van der Waals surface area (Å²) in [6.07, 6.45) is 0. The fraction of sp³-hybridized carbons (Fsp3) is 0.833. The van der Waals surface area contributed by atoms with Crippen molar-refractivity contribution in [2.45, 2.75) is 32.1 Å². The second-order valence-corrected chi connectivity index (χ2v) is 5.16. The van der Waals surface area contributed by atoms with Crippen LogP contribution >= 0.6 is 0 Å². The van der Waals surface area contributed by atoms with Gasteiger partial charge in [0, 0.05) is 0 Å². The summed E-state index contributed by atoms with van der Waals surface area (Å²) in [7, 11) is -3.31. The van der Waals surface area contributed by atoms with E-state index in [1.807, 2.05) is 0 Å². The zero-order valence-electron chi connectivity index (χ0n) is 7.46. The molecule has 0 spiro atoms. The standard InChI is InChI=1S/C6H15N3O2S/c1-4(2)12(10,11)9-5(3)6(7)8/h4-5,9H,1-3H3,(H3,7,8). The molecule has 0 aromatic carbocycles. The maximum Gasteiger partial charge on any atom is 0.214 e. The maximum atomic E-state index is 11.2. The molecule has 0 saturated heterocycles. The van der Waals surface area contributed by atoms with Gasteiger partial charge in [-0.05, 0) is 20.8 Å². The SMILES string of the molecule is CC(NS(=O)(=O)C(C)C)C(=N)N. The van der Waals surface area contributed by atoms with Crippen molar-refractivity contribution < 1.29 is 8.42 Å². The van der Waals surface area contributed by atoms with Crippen molar-refractivity contribution in [3.8, 4) is 0 Å². The minimum absolute atomic E-state index is 0.181. The lowest BCUT2D eigenvalue weighted by atomic mass is 10.3. The van der Waals surface area contributed by atoms with Gasteiger partial charge in [-0.15, -0.1) is 0 Å². The molecule has 0 aliphatic carbocycles. The van der Waals surface area contributed by atoms with Gasteiger partial charge >= 0.3 is 0 Å². The second kappa shape index (κ2) is 3.86. The Kier molecular flexibility index (Phi) is 3.66. The van der Waals surface area contributed by atoms with Gasteiger partial charge in [0.15, 0.2) is 0 Å². The maximum absolute atomic E-state index is 11.2. The summed E-state index contributed by atoms with van der Waals surface area (Å²) in [4.78, 5) is 0. The summed E-state index contributed by atoms with van der Waals surface area (Å²) in [5.74, 6) is -0.181. The van der Waals surface area contributed by atoms with Crippen LogP contribution in [-0.4, -0.2) is 25.5 Å². The molecule has 0 aromatic heterocycles. The number of nitrogens with two attached hydrogens (primary N) is 1. The zero-order chi connectivity index (χ0) is 9.94. The van der Waals surface area contributed by atoms with Crippen molar-refractivity contribution >= 4 is 15.9 Å². The van der Waals surface area contributed by atoms with Crippen LogP contribution in [-0.2, 0) is 10.0 Å². The summed E-state index contributed by atoms with van der Waals surface area (Å²) in [6, 6.07) is -0.627. The highest BCUT2D eigenvalue weighted by Crippen LogP contribution is 1.97. The van der Waals surface area contributed by atoms with Crippen LogP contribution in [0.15, 0.2) is 0 Å². The third-order valence-electron chi connectivity index (χ3n) is 1.43. The Labute approximate surface area is 72.9 Å². The molecule has 0 heterocycles. The van der Waals surface area contributed by atoms with E-state index in [1.54, 1.807) is 13.8 Å². The normalized spacial score (nSPS) is 14.7. The van der Waals surface area contributed by atoms with E-state index < -0.39 is 21.3 Å². The van der Waals surface area contributed by atoms with Crippen molar-refractivity contribution in [2.75, 3.05) is 0 Å². The van der Waals surface area contributed by atoms with Crippen LogP contribution in [0.25, 0.3) is 0 Å². The van der Waals surface area contributed by atoms with Crippen LogP contribution in [0.3, 0.4) is 0 Å². The van der Waals surface area contributed by atoms with Gasteiger partial charge in [0.2, 0.25) is 10.0 Å². The molecule has 6 heteroatoms. The summed E-state index contributed by atoms with van der Waals surface area (Å²) in [5, 5.41) is 6.47. The molecule has 0 saturated carbocycles. The zero-order valence-corrected chi connectivity index (χ0v) is 8.27. The Bertz CT molecular complexity index is 258. The van der Waals surface area contributed by atoms with Crippen LogP contribution < -0.4 is 10.5 Å². The predicted molar refractivity (Wildman–Crippen MR) is 48.6 cm³/mol. The van der Waals surface area contributed by atoms with E-state index in [1.165, 1.54) is 6.92 Å². The van der Waals surface area contributed by atoms with Gasteiger partial charge in [-0.3, -0.25) is 5.41 Å². The predicted octanol–water partition coefficient (Wildman–Crippen LogP) is -0.361. The number of nitrogens with one attached hydrogen (secondary N) is 2. The molecule has 0 bridgehead atoms. The van der Waals surface area contributed by atoms with Crippen molar-refractivity contribution in [3.63, 3.8) is 0 Å². The first kappa shape index (κ1) is 11.4. The molecule has 12 heavy (non-hydrogen) atoms. The molecule has 4 N–H and O–H groups in total. The van der Waals surface area contributed by atoms with Gasteiger partial charge in [0.1, 0.15) is 5.84 Å². The number of rotatable bonds is 4. The van der Waals surface area contributed by atoms with E-state index in [4.69, 9.17) is 11.1 Å². The first-order valence-electron chi connectivity index (χ1n) is 3.62. The van der Waals surface area contributed by atoms with Crippen molar-refractivity contribution in [1.29, 1.82) is 5.41 Å². The molecule has 0 aliphatic heterocycles. The highest BCUT2D eigenvalue weighted by Gasteiger charge is 2.19. The average molecular weight is 193 g/mol. The largest absolute Gasteiger partial charge is 0.386 e. The van der Waals surface area contributed by atoms with Gasteiger partial charge in [-0.1, -0.05) is 0 Å². The van der Waals surface area contributed by atoms with Crippen LogP contribution in [0.4, 0.5) is 0 Å². The lowest BCUT2D eigenvalue weighted by Crippen LogP contribution is -2.44. The van der Waals surface area contributed by atoms with Gasteiger partial charge in [0.25, 0.3) is 0 Å². The smallest absolute Gasteiger partial charge is 0.214 e. The fourth-order valence-electron chi connectivity index (χ4n) is 0.446. The van der Waals surface area contributed by atoms with Crippen LogP contribution in [0.2, 0.25) is 0 Å². The van der Waals surface area contributed by atoms with Gasteiger partial charge < -0.3 is 5.73 Å². The third kappa shape index (κ3) is 3.19. The van der Waals surface area contributed by atoms with E-state index in [2.05, 4.69) is 4.72 Å². The van der Waals surface area contributed by atoms with Gasteiger partial charge in [-0.2, -0.15) is 0 Å². The molecule has 0 amide bonds. The van der Waals surface area contributed by atoms with Crippen molar-refractivity contribution in [3.05, 3.63) is 0 Å². The molecule has 0 radical (unpaired) electrons. The first-order valence-corrected chi connectivity index (χ1v) is 5.17. The highest BCUT2D eigenvalue weighted by atomic mass is 32.2. The van der Waals surface area contributed by atoms with Gasteiger partial charge in [-0.25, -0.2) is 13.1 Å². The number of hydrogen-bond donors (Lipinski definition) is 3.